The topological polar surface area (TPSA) is 80.7 Å². The van der Waals surface area contributed by atoms with E-state index in [1.54, 1.807) is 13.8 Å². The van der Waals surface area contributed by atoms with Crippen molar-refractivity contribution in [3.8, 4) is 0 Å². The smallest absolute Gasteiger partial charge is 0.543 e. The van der Waals surface area contributed by atoms with E-state index in [1.807, 2.05) is 0 Å². The van der Waals surface area contributed by atoms with E-state index in [-0.39, 0.29) is 47.2 Å². The second-order valence-corrected chi connectivity index (χ2v) is 4.16. The minimum absolute atomic E-state index is 0. The molecule has 2 rings (SSSR count). The molecule has 1 fully saturated rings. The van der Waals surface area contributed by atoms with Gasteiger partial charge in [0.25, 0.3) is 0 Å². The summed E-state index contributed by atoms with van der Waals surface area (Å²) < 4.78 is 0. The summed E-state index contributed by atoms with van der Waals surface area (Å²) in [4.78, 5) is 23.6. The fourth-order valence-electron chi connectivity index (χ4n) is 2.48. The third-order valence-electron chi connectivity index (χ3n) is 3.14. The molecule has 82 valence electrons. The number of carboxylic acids is 1. The van der Waals surface area contributed by atoms with Crippen LogP contribution in [0.25, 0.3) is 0 Å². The van der Waals surface area contributed by atoms with Crippen LogP contribution in [-0.2, 0) is 9.59 Å². The van der Waals surface area contributed by atoms with Gasteiger partial charge in [0.2, 0.25) is 5.91 Å². The van der Waals surface area contributed by atoms with Gasteiger partial charge in [0.15, 0.2) is 0 Å². The number of aliphatic carboxylic acids is 1. The summed E-state index contributed by atoms with van der Waals surface area (Å²) in [5.41, 5.74) is 0.637. The maximum Gasteiger partial charge on any atom is 1.00 e. The van der Waals surface area contributed by atoms with Crippen molar-refractivity contribution in [1.29, 1.82) is 0 Å². The van der Waals surface area contributed by atoms with E-state index in [1.165, 1.54) is 4.90 Å². The summed E-state index contributed by atoms with van der Waals surface area (Å²) >= 11 is 0. The van der Waals surface area contributed by atoms with Gasteiger partial charge in [-0.15, -0.1) is 0 Å². The molecule has 0 spiro atoms. The summed E-state index contributed by atoms with van der Waals surface area (Å²) in [5.74, 6) is -2.09. The molecular formula is C10H12NNaO4. The third-order valence-corrected chi connectivity index (χ3v) is 3.14. The van der Waals surface area contributed by atoms with Crippen LogP contribution in [0.15, 0.2) is 11.3 Å². The van der Waals surface area contributed by atoms with Crippen molar-refractivity contribution in [2.75, 3.05) is 0 Å². The molecule has 1 saturated heterocycles. The molecule has 2 heterocycles. The number of carbonyl (C=O) groups excluding carboxylic acids is 2. The molecule has 0 saturated carbocycles. The van der Waals surface area contributed by atoms with Crippen molar-refractivity contribution in [1.82, 2.24) is 4.90 Å². The van der Waals surface area contributed by atoms with Gasteiger partial charge in [0, 0.05) is 0 Å². The number of hydrogen-bond acceptors (Lipinski definition) is 4. The molecule has 0 aromatic heterocycles. The van der Waals surface area contributed by atoms with Gasteiger partial charge in [-0.05, 0) is 25.8 Å². The number of nitrogens with zero attached hydrogens (tertiary/aromatic N) is 1. The van der Waals surface area contributed by atoms with Crippen molar-refractivity contribution < 1.29 is 49.4 Å². The number of β-lactam (4-membered cyclic amide) rings is 1. The van der Waals surface area contributed by atoms with Gasteiger partial charge in [-0.3, -0.25) is 4.79 Å². The van der Waals surface area contributed by atoms with Crippen LogP contribution in [0.3, 0.4) is 0 Å². The predicted molar refractivity (Wildman–Crippen MR) is 48.1 cm³/mol. The van der Waals surface area contributed by atoms with E-state index in [9.17, 15) is 19.8 Å². The van der Waals surface area contributed by atoms with Crippen LogP contribution in [0.5, 0.6) is 0 Å². The summed E-state index contributed by atoms with van der Waals surface area (Å²) in [6.45, 7) is 3.22. The molecule has 1 N–H and O–H groups in total. The second-order valence-electron chi connectivity index (χ2n) is 4.16. The van der Waals surface area contributed by atoms with E-state index in [4.69, 9.17) is 0 Å². The zero-order valence-electron chi connectivity index (χ0n) is 9.56. The van der Waals surface area contributed by atoms with Crippen LogP contribution < -0.4 is 34.7 Å². The van der Waals surface area contributed by atoms with Gasteiger partial charge in [-0.2, -0.15) is 0 Å². The molecule has 2 aliphatic rings. The third kappa shape index (κ3) is 1.72. The Morgan fingerprint density at radius 3 is 2.62 bits per heavy atom. The number of amides is 1. The Balaban J connectivity index is 0.00000128. The molecule has 0 bridgehead atoms. The Morgan fingerprint density at radius 1 is 1.62 bits per heavy atom. The van der Waals surface area contributed by atoms with Gasteiger partial charge < -0.3 is 19.9 Å². The molecule has 16 heavy (non-hydrogen) atoms. The summed E-state index contributed by atoms with van der Waals surface area (Å²) in [5, 5.41) is 20.2. The van der Waals surface area contributed by atoms with Crippen LogP contribution in [0.1, 0.15) is 20.3 Å². The SMILES string of the molecule is CC1=C(C(=O)[O-])N2C(=O)C(C(C)O)C2C1.[Na+]. The summed E-state index contributed by atoms with van der Waals surface area (Å²) in [7, 11) is 0. The normalized spacial score (nSPS) is 29.4. The zero-order chi connectivity index (χ0) is 11.3. The molecule has 3 unspecified atom stereocenters. The Labute approximate surface area is 115 Å². The molecule has 0 aromatic rings. The molecular weight excluding hydrogens is 221 g/mol. The molecule has 5 nitrogen and oxygen atoms in total. The number of hydrogen-bond donors (Lipinski definition) is 1. The number of aliphatic hydroxyl groups excluding tert-OH is 1. The largest absolute Gasteiger partial charge is 1.00 e. The van der Waals surface area contributed by atoms with E-state index in [0.717, 1.165) is 0 Å². The zero-order valence-corrected chi connectivity index (χ0v) is 11.6. The molecule has 0 aromatic carbocycles. The number of carboxylic acid groups (broad SMARTS) is 1. The molecule has 1 amide bonds. The summed E-state index contributed by atoms with van der Waals surface area (Å²) in [6, 6.07) is -0.189. The maximum absolute atomic E-state index is 11.6. The van der Waals surface area contributed by atoms with E-state index < -0.39 is 18.0 Å². The first-order valence-electron chi connectivity index (χ1n) is 4.87. The van der Waals surface area contributed by atoms with Gasteiger partial charge in [-0.25, -0.2) is 0 Å². The summed E-state index contributed by atoms with van der Waals surface area (Å²) in [6.07, 6.45) is -0.211. The van der Waals surface area contributed by atoms with Crippen molar-refractivity contribution in [3.05, 3.63) is 11.3 Å². The number of rotatable bonds is 2. The van der Waals surface area contributed by atoms with Crippen LogP contribution in [0, 0.1) is 5.92 Å². The quantitative estimate of drug-likeness (QED) is 0.386. The molecule has 0 radical (unpaired) electrons. The van der Waals surface area contributed by atoms with E-state index >= 15 is 0 Å². The van der Waals surface area contributed by atoms with Crippen LogP contribution in [0.4, 0.5) is 0 Å². The first-order chi connectivity index (χ1) is 6.95. The van der Waals surface area contributed by atoms with Crippen molar-refractivity contribution in [2.45, 2.75) is 32.4 Å². The minimum Gasteiger partial charge on any atom is -0.543 e. The van der Waals surface area contributed by atoms with Crippen LogP contribution in [0.2, 0.25) is 0 Å². The van der Waals surface area contributed by atoms with Gasteiger partial charge in [0.05, 0.1) is 29.7 Å². The van der Waals surface area contributed by atoms with Crippen LogP contribution in [-0.4, -0.2) is 34.0 Å². The van der Waals surface area contributed by atoms with Gasteiger partial charge in [0.1, 0.15) is 0 Å². The molecule has 0 aliphatic carbocycles. The first-order valence-corrected chi connectivity index (χ1v) is 4.87. The predicted octanol–water partition coefficient (Wildman–Crippen LogP) is -4.37. The number of aliphatic hydroxyl groups is 1. The van der Waals surface area contributed by atoms with E-state index in [0.29, 0.717) is 12.0 Å². The van der Waals surface area contributed by atoms with Crippen LogP contribution >= 0.6 is 0 Å². The number of fused-ring (bicyclic) bond motifs is 1. The van der Waals surface area contributed by atoms with E-state index in [2.05, 4.69) is 0 Å². The molecule has 6 heteroatoms. The Morgan fingerprint density at radius 2 is 2.19 bits per heavy atom. The fraction of sp³-hybridized carbons (Fsp3) is 0.600. The maximum atomic E-state index is 11.6. The Bertz CT molecular complexity index is 377. The van der Waals surface area contributed by atoms with Crippen molar-refractivity contribution in [2.24, 2.45) is 5.92 Å². The number of carbonyl (C=O) groups is 2. The first kappa shape index (κ1) is 13.7. The average Bonchev–Trinajstić information content (AvgIpc) is 2.38. The monoisotopic (exact) mass is 233 g/mol. The molecule has 3 atom stereocenters. The minimum atomic E-state index is -1.31. The standard InChI is InChI=1S/C10H13NO4.Na/c1-4-3-6-7(5(2)12)9(13)11(6)8(4)10(14)15;/h5-7,12H,3H2,1-2H3,(H,14,15);/q;+1/p-1. The average molecular weight is 233 g/mol. The Kier molecular flexibility index (Phi) is 3.84. The van der Waals surface area contributed by atoms with Gasteiger partial charge in [-0.1, -0.05) is 0 Å². The van der Waals surface area contributed by atoms with Crippen molar-refractivity contribution >= 4 is 11.9 Å². The second kappa shape index (κ2) is 4.49. The Hall–Kier alpha value is -0.360. The van der Waals surface area contributed by atoms with Gasteiger partial charge >= 0.3 is 29.6 Å². The fourth-order valence-corrected chi connectivity index (χ4v) is 2.48. The van der Waals surface area contributed by atoms with Crippen molar-refractivity contribution in [3.63, 3.8) is 0 Å². The molecule has 2 aliphatic heterocycles.